The number of Topliss-reactive ketones (excluding diaryl/α,β-unsaturated/α-hetero) is 1. The second-order valence-corrected chi connectivity index (χ2v) is 8.87. The van der Waals surface area contributed by atoms with Gasteiger partial charge < -0.3 is 14.7 Å². The van der Waals surface area contributed by atoms with E-state index in [4.69, 9.17) is 4.74 Å². The number of carbonyl (C=O) groups is 3. The molecule has 2 heterocycles. The molecule has 3 rings (SSSR count). The van der Waals surface area contributed by atoms with Crippen LogP contribution in [-0.4, -0.2) is 40.0 Å². The Morgan fingerprint density at radius 2 is 1.96 bits per heavy atom. The predicted molar refractivity (Wildman–Crippen MR) is 93.1 cm³/mol. The molecule has 136 valence electrons. The van der Waals surface area contributed by atoms with Crippen molar-refractivity contribution in [1.29, 1.82) is 0 Å². The van der Waals surface area contributed by atoms with E-state index in [-0.39, 0.29) is 30.2 Å². The molecule has 7 heteroatoms. The zero-order valence-electron chi connectivity index (χ0n) is 14.8. The van der Waals surface area contributed by atoms with Crippen LogP contribution < -0.4 is 0 Å². The smallest absolute Gasteiger partial charge is 0.410 e. The lowest BCUT2D eigenvalue weighted by Crippen LogP contribution is -2.39. The number of amides is 1. The molecule has 6 nitrogen and oxygen atoms in total. The van der Waals surface area contributed by atoms with Crippen LogP contribution >= 0.6 is 11.3 Å². The second-order valence-electron chi connectivity index (χ2n) is 7.68. The fourth-order valence-corrected chi connectivity index (χ4v) is 4.32. The monoisotopic (exact) mass is 365 g/mol. The summed E-state index contributed by atoms with van der Waals surface area (Å²) in [5, 5.41) is 9.65. The van der Waals surface area contributed by atoms with Crippen molar-refractivity contribution in [3.8, 4) is 0 Å². The van der Waals surface area contributed by atoms with Crippen molar-refractivity contribution in [2.45, 2.75) is 58.6 Å². The first-order chi connectivity index (χ1) is 11.7. The molecular weight excluding hydrogens is 342 g/mol. The Morgan fingerprint density at radius 3 is 2.52 bits per heavy atom. The van der Waals surface area contributed by atoms with E-state index < -0.39 is 17.7 Å². The number of fused-ring (bicyclic) bond motifs is 1. The third-order valence-electron chi connectivity index (χ3n) is 4.35. The molecule has 0 atom stereocenters. The Morgan fingerprint density at radius 1 is 1.28 bits per heavy atom. The van der Waals surface area contributed by atoms with Gasteiger partial charge in [-0.3, -0.25) is 4.79 Å². The highest BCUT2D eigenvalue weighted by Crippen LogP contribution is 2.37. The lowest BCUT2D eigenvalue weighted by Gasteiger charge is -2.30. The Balaban J connectivity index is 1.82. The number of thiophene rings is 1. The third kappa shape index (κ3) is 4.03. The van der Waals surface area contributed by atoms with Gasteiger partial charge in [-0.15, -0.1) is 11.3 Å². The number of carboxylic acids is 1. The number of hydrogen-bond acceptors (Lipinski definition) is 5. The van der Waals surface area contributed by atoms with Gasteiger partial charge in [0.25, 0.3) is 0 Å². The van der Waals surface area contributed by atoms with E-state index in [1.54, 1.807) is 25.7 Å². The zero-order valence-corrected chi connectivity index (χ0v) is 15.6. The van der Waals surface area contributed by atoms with Crippen LogP contribution in [0.25, 0.3) is 0 Å². The van der Waals surface area contributed by atoms with Crippen LogP contribution in [-0.2, 0) is 28.9 Å². The van der Waals surface area contributed by atoms with Crippen LogP contribution in [0.5, 0.6) is 0 Å². The minimum absolute atomic E-state index is 0.110. The lowest BCUT2D eigenvalue weighted by atomic mass is 10.0. The molecule has 2 aliphatic rings. The van der Waals surface area contributed by atoms with Gasteiger partial charge in [0.05, 0.1) is 12.1 Å². The van der Waals surface area contributed by atoms with Crippen LogP contribution in [0, 0.1) is 5.92 Å². The normalized spacial score (nSPS) is 17.2. The van der Waals surface area contributed by atoms with E-state index in [2.05, 4.69) is 0 Å². The Bertz CT molecular complexity index is 727. The molecule has 0 unspecified atom stereocenters. The van der Waals surface area contributed by atoms with Gasteiger partial charge in [0.15, 0.2) is 0 Å². The summed E-state index contributed by atoms with van der Waals surface area (Å²) in [6, 6.07) is 0. The van der Waals surface area contributed by atoms with Gasteiger partial charge >= 0.3 is 12.1 Å². The topological polar surface area (TPSA) is 83.9 Å². The number of hydrogen-bond donors (Lipinski definition) is 1. The maximum absolute atomic E-state index is 12.3. The van der Waals surface area contributed by atoms with Gasteiger partial charge in [0, 0.05) is 34.2 Å². The van der Waals surface area contributed by atoms with Gasteiger partial charge in [-0.25, -0.2) is 9.59 Å². The summed E-state index contributed by atoms with van der Waals surface area (Å²) in [4.78, 5) is 39.3. The molecule has 0 aromatic carbocycles. The van der Waals surface area contributed by atoms with Crippen molar-refractivity contribution in [3.63, 3.8) is 0 Å². The molecule has 1 amide bonds. The van der Waals surface area contributed by atoms with E-state index in [1.807, 2.05) is 0 Å². The maximum Gasteiger partial charge on any atom is 0.410 e. The largest absolute Gasteiger partial charge is 0.478 e. The highest BCUT2D eigenvalue weighted by atomic mass is 32.1. The molecule has 1 fully saturated rings. The molecule has 1 N–H and O–H groups in total. The van der Waals surface area contributed by atoms with Crippen molar-refractivity contribution in [2.24, 2.45) is 5.92 Å². The molecule has 25 heavy (non-hydrogen) atoms. The summed E-state index contributed by atoms with van der Waals surface area (Å²) in [5.41, 5.74) is 0.277. The lowest BCUT2D eigenvalue weighted by molar-refractivity contribution is -0.119. The minimum atomic E-state index is -1.03. The molecule has 1 aliphatic heterocycles. The van der Waals surface area contributed by atoms with Crippen LogP contribution in [0.2, 0.25) is 0 Å². The number of ether oxygens (including phenoxy) is 1. The summed E-state index contributed by atoms with van der Waals surface area (Å²) < 4.78 is 5.39. The quantitative estimate of drug-likeness (QED) is 0.885. The summed E-state index contributed by atoms with van der Waals surface area (Å²) >= 11 is 1.41. The predicted octanol–water partition coefficient (Wildman–Crippen LogP) is 3.26. The number of carbonyl (C=O) groups excluding carboxylic acids is 2. The van der Waals surface area contributed by atoms with Crippen LogP contribution in [0.15, 0.2) is 0 Å². The van der Waals surface area contributed by atoms with Crippen molar-refractivity contribution >= 4 is 29.2 Å². The molecular formula is C18H23NO5S. The molecule has 1 saturated carbocycles. The first kappa shape index (κ1) is 17.9. The summed E-state index contributed by atoms with van der Waals surface area (Å²) in [7, 11) is 0. The average Bonchev–Trinajstić information content (AvgIpc) is 3.26. The number of rotatable bonds is 4. The standard InChI is InChI=1S/C18H23NO5S/c1-18(2,3)24-17(23)19-7-6-13-11(9-19)15(16(21)22)14(25-13)8-12(20)10-4-5-10/h10H,4-9H2,1-3H3,(H,21,22). The molecule has 0 radical (unpaired) electrons. The molecule has 0 bridgehead atoms. The Hall–Kier alpha value is -1.89. The third-order valence-corrected chi connectivity index (χ3v) is 5.65. The SMILES string of the molecule is CC(C)(C)OC(=O)N1CCc2sc(CC(=O)C3CC3)c(C(=O)O)c2C1. The number of nitrogens with zero attached hydrogens (tertiary/aromatic N) is 1. The zero-order chi connectivity index (χ0) is 18.4. The van der Waals surface area contributed by atoms with Crippen LogP contribution in [0.3, 0.4) is 0 Å². The van der Waals surface area contributed by atoms with E-state index in [1.165, 1.54) is 11.3 Å². The fraction of sp³-hybridized carbons (Fsp3) is 0.611. The molecule has 0 saturated heterocycles. The molecule has 1 aliphatic carbocycles. The highest BCUT2D eigenvalue weighted by molar-refractivity contribution is 7.12. The first-order valence-corrected chi connectivity index (χ1v) is 9.34. The van der Waals surface area contributed by atoms with Crippen molar-refractivity contribution < 1.29 is 24.2 Å². The van der Waals surface area contributed by atoms with Crippen molar-refractivity contribution in [1.82, 2.24) is 4.90 Å². The van der Waals surface area contributed by atoms with Crippen molar-refractivity contribution in [2.75, 3.05) is 6.54 Å². The highest BCUT2D eigenvalue weighted by Gasteiger charge is 2.34. The number of carboxylic acid groups (broad SMARTS) is 1. The van der Waals surface area contributed by atoms with Gasteiger partial charge in [-0.1, -0.05) is 0 Å². The first-order valence-electron chi connectivity index (χ1n) is 8.53. The van der Waals surface area contributed by atoms with Gasteiger partial charge in [0.1, 0.15) is 11.4 Å². The Labute approximate surface area is 150 Å². The second kappa shape index (κ2) is 6.44. The van der Waals surface area contributed by atoms with Gasteiger partial charge in [0.2, 0.25) is 0 Å². The van der Waals surface area contributed by atoms with Crippen LogP contribution in [0.1, 0.15) is 59.3 Å². The van der Waals surface area contributed by atoms with Crippen molar-refractivity contribution in [3.05, 3.63) is 20.9 Å². The van der Waals surface area contributed by atoms with Gasteiger partial charge in [-0.05, 0) is 40.0 Å². The maximum atomic E-state index is 12.3. The Kier molecular flexibility index (Phi) is 4.62. The molecule has 1 aromatic heterocycles. The minimum Gasteiger partial charge on any atom is -0.478 e. The summed E-state index contributed by atoms with van der Waals surface area (Å²) in [6.45, 7) is 6.12. The summed E-state index contributed by atoms with van der Waals surface area (Å²) in [6.07, 6.45) is 2.18. The van der Waals surface area contributed by atoms with E-state index in [0.717, 1.165) is 17.7 Å². The molecule has 0 spiro atoms. The van der Waals surface area contributed by atoms with E-state index in [0.29, 0.717) is 23.4 Å². The molecule has 1 aromatic rings. The summed E-state index contributed by atoms with van der Waals surface area (Å²) in [5.74, 6) is -0.786. The number of aromatic carboxylic acids is 1. The average molecular weight is 365 g/mol. The van der Waals surface area contributed by atoms with E-state index in [9.17, 15) is 19.5 Å². The van der Waals surface area contributed by atoms with Gasteiger partial charge in [-0.2, -0.15) is 0 Å². The van der Waals surface area contributed by atoms with Crippen LogP contribution in [0.4, 0.5) is 4.79 Å². The number of ketones is 1. The van der Waals surface area contributed by atoms with E-state index >= 15 is 0 Å². The fourth-order valence-electron chi connectivity index (χ4n) is 3.01.